The number of hydrogen-bond acceptors (Lipinski definition) is 4. The van der Waals surface area contributed by atoms with Gasteiger partial charge in [0.05, 0.1) is 30.2 Å². The van der Waals surface area contributed by atoms with Gasteiger partial charge in [0.25, 0.3) is 0 Å². The van der Waals surface area contributed by atoms with Gasteiger partial charge in [-0.2, -0.15) is 13.2 Å². The topological polar surface area (TPSA) is 60.2 Å². The number of nitrogens with two attached hydrogens (primary N) is 1. The predicted octanol–water partition coefficient (Wildman–Crippen LogP) is 3.16. The Balaban J connectivity index is 2.94. The van der Waals surface area contributed by atoms with Gasteiger partial charge in [0, 0.05) is 6.61 Å². The van der Waals surface area contributed by atoms with Crippen LogP contribution in [0.25, 0.3) is 0 Å². The van der Waals surface area contributed by atoms with E-state index in [1.165, 1.54) is 0 Å². The van der Waals surface area contributed by atoms with Crippen LogP contribution >= 0.6 is 0 Å². The fraction of sp³-hybridized carbons (Fsp3) is 0.615. The van der Waals surface area contributed by atoms with Crippen LogP contribution in [0.15, 0.2) is 12.3 Å². The summed E-state index contributed by atoms with van der Waals surface area (Å²) >= 11 is 0. The third-order valence-electron chi connectivity index (χ3n) is 2.87. The van der Waals surface area contributed by atoms with E-state index in [2.05, 4.69) is 10.3 Å². The lowest BCUT2D eigenvalue weighted by Crippen LogP contribution is -2.31. The van der Waals surface area contributed by atoms with E-state index >= 15 is 0 Å². The quantitative estimate of drug-likeness (QED) is 0.845. The lowest BCUT2D eigenvalue weighted by atomic mass is 10.0. The molecule has 0 spiro atoms. The van der Waals surface area contributed by atoms with E-state index in [9.17, 15) is 13.2 Å². The average Bonchev–Trinajstić information content (AvgIpc) is 2.34. The SMILES string of the molecule is CCOCC(Nc1cc(C(F)(F)F)ncc1N)C(C)C. The van der Waals surface area contributed by atoms with E-state index in [-0.39, 0.29) is 23.3 Å². The molecule has 0 aromatic carbocycles. The Bertz CT molecular complexity index is 435. The van der Waals surface area contributed by atoms with E-state index in [1.54, 1.807) is 0 Å². The van der Waals surface area contributed by atoms with Crippen molar-refractivity contribution >= 4 is 11.4 Å². The molecule has 1 unspecified atom stereocenters. The summed E-state index contributed by atoms with van der Waals surface area (Å²) in [5.41, 5.74) is 5.12. The lowest BCUT2D eigenvalue weighted by Gasteiger charge is -2.24. The first kappa shape index (κ1) is 16.6. The number of rotatable bonds is 6. The van der Waals surface area contributed by atoms with Gasteiger partial charge in [-0.3, -0.25) is 0 Å². The lowest BCUT2D eigenvalue weighted by molar-refractivity contribution is -0.141. The molecular weight excluding hydrogens is 271 g/mol. The normalized spacial score (nSPS) is 13.6. The zero-order valence-corrected chi connectivity index (χ0v) is 11.8. The largest absolute Gasteiger partial charge is 0.433 e. The van der Waals surface area contributed by atoms with E-state index < -0.39 is 11.9 Å². The van der Waals surface area contributed by atoms with E-state index in [0.29, 0.717) is 13.2 Å². The van der Waals surface area contributed by atoms with E-state index in [1.807, 2.05) is 20.8 Å². The molecule has 7 heteroatoms. The van der Waals surface area contributed by atoms with Crippen LogP contribution in [0.5, 0.6) is 0 Å². The minimum Gasteiger partial charge on any atom is -0.396 e. The van der Waals surface area contributed by atoms with Gasteiger partial charge in [-0.1, -0.05) is 13.8 Å². The monoisotopic (exact) mass is 291 g/mol. The van der Waals surface area contributed by atoms with Crippen LogP contribution in [0.2, 0.25) is 0 Å². The second kappa shape index (κ2) is 6.78. The first-order valence-corrected chi connectivity index (χ1v) is 6.42. The molecule has 0 bridgehead atoms. The van der Waals surface area contributed by atoms with Crippen LogP contribution in [0.3, 0.4) is 0 Å². The van der Waals surface area contributed by atoms with Crippen molar-refractivity contribution in [1.29, 1.82) is 0 Å². The fourth-order valence-electron chi connectivity index (χ4n) is 1.59. The van der Waals surface area contributed by atoms with E-state index in [0.717, 1.165) is 12.3 Å². The second-order valence-electron chi connectivity index (χ2n) is 4.81. The van der Waals surface area contributed by atoms with Gasteiger partial charge in [0.1, 0.15) is 5.69 Å². The Kier molecular flexibility index (Phi) is 5.62. The highest BCUT2D eigenvalue weighted by molar-refractivity contribution is 5.65. The van der Waals surface area contributed by atoms with Crippen LogP contribution < -0.4 is 11.1 Å². The maximum absolute atomic E-state index is 12.6. The number of aromatic nitrogens is 1. The summed E-state index contributed by atoms with van der Waals surface area (Å²) in [6, 6.07) is 0.803. The average molecular weight is 291 g/mol. The highest BCUT2D eigenvalue weighted by Crippen LogP contribution is 2.31. The molecule has 0 aliphatic heterocycles. The number of halogens is 3. The van der Waals surface area contributed by atoms with Gasteiger partial charge in [-0.15, -0.1) is 0 Å². The molecule has 1 aromatic heterocycles. The number of ether oxygens (including phenoxy) is 1. The Labute approximate surface area is 116 Å². The predicted molar refractivity (Wildman–Crippen MR) is 72.4 cm³/mol. The van der Waals surface area contributed by atoms with Crippen LogP contribution in [-0.2, 0) is 10.9 Å². The van der Waals surface area contributed by atoms with Crippen molar-refractivity contribution in [3.05, 3.63) is 18.0 Å². The molecule has 0 aliphatic rings. The second-order valence-corrected chi connectivity index (χ2v) is 4.81. The molecule has 1 aromatic rings. The first-order chi connectivity index (χ1) is 9.25. The molecule has 114 valence electrons. The summed E-state index contributed by atoms with van der Waals surface area (Å²) in [7, 11) is 0. The number of alkyl halides is 3. The fourth-order valence-corrected chi connectivity index (χ4v) is 1.59. The highest BCUT2D eigenvalue weighted by atomic mass is 19.4. The Morgan fingerprint density at radius 2 is 2.05 bits per heavy atom. The molecule has 0 saturated carbocycles. The van der Waals surface area contributed by atoms with Crippen LogP contribution in [0.1, 0.15) is 26.5 Å². The summed E-state index contributed by atoms with van der Waals surface area (Å²) in [6.07, 6.45) is -3.47. The highest BCUT2D eigenvalue weighted by Gasteiger charge is 2.33. The van der Waals surface area contributed by atoms with Gasteiger partial charge in [0.2, 0.25) is 0 Å². The minimum atomic E-state index is -4.49. The third-order valence-corrected chi connectivity index (χ3v) is 2.87. The summed E-state index contributed by atoms with van der Waals surface area (Å²) < 4.78 is 43.3. The zero-order chi connectivity index (χ0) is 15.3. The van der Waals surface area contributed by atoms with Gasteiger partial charge < -0.3 is 15.8 Å². The smallest absolute Gasteiger partial charge is 0.396 e. The Morgan fingerprint density at radius 3 is 2.55 bits per heavy atom. The minimum absolute atomic E-state index is 0.124. The van der Waals surface area contributed by atoms with Gasteiger partial charge in [0.15, 0.2) is 0 Å². The number of hydrogen-bond donors (Lipinski definition) is 2. The molecule has 0 fully saturated rings. The molecule has 4 nitrogen and oxygen atoms in total. The summed E-state index contributed by atoms with van der Waals surface area (Å²) in [4.78, 5) is 3.30. The van der Waals surface area contributed by atoms with Gasteiger partial charge in [-0.25, -0.2) is 4.98 Å². The number of nitrogens with one attached hydrogen (secondary N) is 1. The molecular formula is C13H20F3N3O. The van der Waals surface area contributed by atoms with Crippen molar-refractivity contribution in [1.82, 2.24) is 4.98 Å². The summed E-state index contributed by atoms with van der Waals surface area (Å²) in [6.45, 7) is 6.72. The molecule has 1 rings (SSSR count). The molecule has 20 heavy (non-hydrogen) atoms. The van der Waals surface area contributed by atoms with Gasteiger partial charge in [-0.05, 0) is 18.9 Å². The molecule has 1 heterocycles. The van der Waals surface area contributed by atoms with Crippen LogP contribution in [0.4, 0.5) is 24.5 Å². The molecule has 0 radical (unpaired) electrons. The van der Waals surface area contributed by atoms with Crippen LogP contribution in [0, 0.1) is 5.92 Å². The number of nitrogens with zero attached hydrogens (tertiary/aromatic N) is 1. The van der Waals surface area contributed by atoms with Crippen molar-refractivity contribution in [3.8, 4) is 0 Å². The van der Waals surface area contributed by atoms with E-state index in [4.69, 9.17) is 10.5 Å². The molecule has 3 N–H and O–H groups in total. The maximum Gasteiger partial charge on any atom is 0.433 e. The standard InChI is InChI=1S/C13H20F3N3O/c1-4-20-7-11(8(2)3)19-10-5-12(13(14,15)16)18-6-9(10)17/h5-6,8,11H,4,7,17H2,1-3H3,(H,18,19). The number of nitrogen functional groups attached to an aromatic ring is 1. The molecule has 0 saturated heterocycles. The molecule has 0 aliphatic carbocycles. The summed E-state index contributed by atoms with van der Waals surface area (Å²) in [5, 5.41) is 3.00. The Morgan fingerprint density at radius 1 is 1.40 bits per heavy atom. The number of pyridine rings is 1. The zero-order valence-electron chi connectivity index (χ0n) is 11.8. The van der Waals surface area contributed by atoms with Crippen molar-refractivity contribution in [2.75, 3.05) is 24.3 Å². The summed E-state index contributed by atoms with van der Waals surface area (Å²) in [5.74, 6) is 0.184. The number of anilines is 2. The molecule has 1 atom stereocenters. The van der Waals surface area contributed by atoms with Crippen molar-refractivity contribution in [3.63, 3.8) is 0 Å². The maximum atomic E-state index is 12.6. The van der Waals surface area contributed by atoms with Crippen molar-refractivity contribution in [2.45, 2.75) is 33.0 Å². The Hall–Kier alpha value is -1.50. The molecule has 0 amide bonds. The van der Waals surface area contributed by atoms with Crippen molar-refractivity contribution < 1.29 is 17.9 Å². The van der Waals surface area contributed by atoms with Crippen molar-refractivity contribution in [2.24, 2.45) is 5.92 Å². The third kappa shape index (κ3) is 4.56. The first-order valence-electron chi connectivity index (χ1n) is 6.42. The van der Waals surface area contributed by atoms with Gasteiger partial charge >= 0.3 is 6.18 Å². The van der Waals surface area contributed by atoms with Crippen LogP contribution in [-0.4, -0.2) is 24.2 Å².